The molecule has 4 aromatic rings. The molecule has 0 radical (unpaired) electrons. The average Bonchev–Trinajstić information content (AvgIpc) is 3.49. The molecule has 1 aromatic carbocycles. The van der Waals surface area contributed by atoms with Gasteiger partial charge in [-0.2, -0.15) is 5.10 Å². The van der Waals surface area contributed by atoms with Crippen LogP contribution in [0.3, 0.4) is 0 Å². The van der Waals surface area contributed by atoms with Crippen molar-refractivity contribution in [3.05, 3.63) is 59.2 Å². The van der Waals surface area contributed by atoms with E-state index in [1.54, 1.807) is 0 Å². The molecule has 0 spiro atoms. The lowest BCUT2D eigenvalue weighted by Gasteiger charge is -2.15. The maximum atomic E-state index is 5.06. The van der Waals surface area contributed by atoms with Crippen LogP contribution in [0.15, 0.2) is 59.2 Å². The normalized spacial score (nSPS) is 13.8. The number of hydrogen-bond acceptors (Lipinski definition) is 5. The van der Waals surface area contributed by atoms with Crippen molar-refractivity contribution in [2.75, 3.05) is 29.9 Å². The Bertz CT molecular complexity index is 1210. The van der Waals surface area contributed by atoms with Crippen molar-refractivity contribution in [2.45, 2.75) is 32.6 Å². The zero-order valence-electron chi connectivity index (χ0n) is 18.3. The number of fused-ring (bicyclic) bond motifs is 1. The first-order valence-corrected chi connectivity index (χ1v) is 12.1. The smallest absolute Gasteiger partial charge is 0.225 e. The van der Waals surface area contributed by atoms with E-state index in [4.69, 9.17) is 10.1 Å². The number of halogens is 1. The molecule has 1 N–H and O–H groups in total. The van der Waals surface area contributed by atoms with Crippen LogP contribution in [-0.2, 0) is 0 Å². The van der Waals surface area contributed by atoms with Crippen molar-refractivity contribution in [3.63, 3.8) is 0 Å². The Labute approximate surface area is 196 Å². The van der Waals surface area contributed by atoms with Gasteiger partial charge in [0.25, 0.3) is 0 Å². The molecule has 1 fully saturated rings. The molecule has 0 unspecified atom stereocenters. The highest BCUT2D eigenvalue weighted by Gasteiger charge is 2.21. The van der Waals surface area contributed by atoms with Gasteiger partial charge in [0.2, 0.25) is 5.95 Å². The Balaban J connectivity index is 1.67. The second-order valence-electron chi connectivity index (χ2n) is 8.15. The fraction of sp³-hybridized carbons (Fsp3) is 0.320. The summed E-state index contributed by atoms with van der Waals surface area (Å²) in [6, 6.07) is 16.6. The molecule has 0 bridgehead atoms. The van der Waals surface area contributed by atoms with Crippen LogP contribution in [0, 0.1) is 0 Å². The first-order chi connectivity index (χ1) is 15.7. The Hall–Kier alpha value is -2.93. The van der Waals surface area contributed by atoms with E-state index in [1.807, 2.05) is 16.8 Å². The summed E-state index contributed by atoms with van der Waals surface area (Å²) in [5.74, 6) is 1.80. The van der Waals surface area contributed by atoms with Crippen molar-refractivity contribution in [2.24, 2.45) is 0 Å². The number of unbranched alkanes of at least 4 members (excludes halogenated alkanes) is 1. The third-order valence-corrected chi connectivity index (χ3v) is 6.43. The van der Waals surface area contributed by atoms with Crippen LogP contribution in [0.25, 0.3) is 28.0 Å². The third kappa shape index (κ3) is 4.09. The second-order valence-corrected chi connectivity index (χ2v) is 9.07. The molecule has 7 heteroatoms. The molecule has 1 aliphatic heterocycles. The number of rotatable bonds is 7. The minimum Gasteiger partial charge on any atom is -0.370 e. The lowest BCUT2D eigenvalue weighted by Crippen LogP contribution is -2.20. The predicted octanol–water partition coefficient (Wildman–Crippen LogP) is 6.03. The molecule has 32 heavy (non-hydrogen) atoms. The maximum Gasteiger partial charge on any atom is 0.225 e. The van der Waals surface area contributed by atoms with E-state index in [0.29, 0.717) is 0 Å². The monoisotopic (exact) mass is 490 g/mol. The number of nitrogens with one attached hydrogen (secondary N) is 1. The van der Waals surface area contributed by atoms with Crippen molar-refractivity contribution in [1.29, 1.82) is 0 Å². The van der Waals surface area contributed by atoms with Gasteiger partial charge in [0.1, 0.15) is 11.5 Å². The van der Waals surface area contributed by atoms with Crippen molar-refractivity contribution in [3.8, 4) is 22.5 Å². The summed E-state index contributed by atoms with van der Waals surface area (Å²) in [4.78, 5) is 11.8. The molecule has 6 nitrogen and oxygen atoms in total. The van der Waals surface area contributed by atoms with Crippen LogP contribution < -0.4 is 10.2 Å². The van der Waals surface area contributed by atoms with Gasteiger partial charge in [-0.15, -0.1) is 0 Å². The maximum absolute atomic E-state index is 5.06. The minimum atomic E-state index is 0.804. The van der Waals surface area contributed by atoms with Gasteiger partial charge in [-0.1, -0.05) is 47.5 Å². The predicted molar refractivity (Wildman–Crippen MR) is 134 cm³/mol. The summed E-state index contributed by atoms with van der Waals surface area (Å²) in [5, 5.41) is 8.61. The molecular formula is C25H27BrN6. The van der Waals surface area contributed by atoms with E-state index in [0.717, 1.165) is 76.7 Å². The Morgan fingerprint density at radius 1 is 1.03 bits per heavy atom. The summed E-state index contributed by atoms with van der Waals surface area (Å²) < 4.78 is 3.06. The molecule has 0 amide bonds. The lowest BCUT2D eigenvalue weighted by atomic mass is 10.0. The SMILES string of the molecule is CCCCNc1cccc2c(-c3ccnc(N4CCCC4)n3)c(-c3ccc(Br)cc3)nn12. The van der Waals surface area contributed by atoms with Crippen molar-refractivity contribution < 1.29 is 0 Å². The fourth-order valence-corrected chi connectivity index (χ4v) is 4.48. The minimum absolute atomic E-state index is 0.804. The van der Waals surface area contributed by atoms with Crippen LogP contribution in [0.5, 0.6) is 0 Å². The van der Waals surface area contributed by atoms with Gasteiger partial charge < -0.3 is 10.2 Å². The first-order valence-electron chi connectivity index (χ1n) is 11.3. The van der Waals surface area contributed by atoms with Crippen LogP contribution in [-0.4, -0.2) is 39.2 Å². The molecule has 1 aliphatic rings. The number of anilines is 2. The van der Waals surface area contributed by atoms with E-state index in [1.165, 1.54) is 12.8 Å². The number of nitrogens with zero attached hydrogens (tertiary/aromatic N) is 5. The molecule has 1 saturated heterocycles. The third-order valence-electron chi connectivity index (χ3n) is 5.90. The quantitative estimate of drug-likeness (QED) is 0.320. The van der Waals surface area contributed by atoms with Crippen LogP contribution >= 0.6 is 15.9 Å². The number of pyridine rings is 1. The van der Waals surface area contributed by atoms with E-state index < -0.39 is 0 Å². The molecule has 4 heterocycles. The molecule has 0 aliphatic carbocycles. The molecular weight excluding hydrogens is 464 g/mol. The molecule has 0 atom stereocenters. The van der Waals surface area contributed by atoms with Crippen molar-refractivity contribution >= 4 is 33.2 Å². The van der Waals surface area contributed by atoms with Gasteiger partial charge in [-0.3, -0.25) is 0 Å². The van der Waals surface area contributed by atoms with E-state index in [9.17, 15) is 0 Å². The number of hydrogen-bond donors (Lipinski definition) is 1. The topological polar surface area (TPSA) is 58.4 Å². The molecule has 0 saturated carbocycles. The fourth-order valence-electron chi connectivity index (χ4n) is 4.22. The van der Waals surface area contributed by atoms with Gasteiger partial charge in [0.15, 0.2) is 0 Å². The number of benzene rings is 1. The Morgan fingerprint density at radius 3 is 2.62 bits per heavy atom. The summed E-state index contributed by atoms with van der Waals surface area (Å²) in [6.45, 7) is 5.16. The summed E-state index contributed by atoms with van der Waals surface area (Å²) in [7, 11) is 0. The summed E-state index contributed by atoms with van der Waals surface area (Å²) in [6.07, 6.45) is 6.53. The van der Waals surface area contributed by atoms with E-state index in [-0.39, 0.29) is 0 Å². The van der Waals surface area contributed by atoms with Gasteiger partial charge in [-0.05, 0) is 49.6 Å². The lowest BCUT2D eigenvalue weighted by molar-refractivity contribution is 0.822. The van der Waals surface area contributed by atoms with Gasteiger partial charge in [-0.25, -0.2) is 14.5 Å². The van der Waals surface area contributed by atoms with Gasteiger partial charge in [0.05, 0.1) is 16.8 Å². The largest absolute Gasteiger partial charge is 0.370 e. The van der Waals surface area contributed by atoms with Crippen LogP contribution in [0.4, 0.5) is 11.8 Å². The van der Waals surface area contributed by atoms with E-state index in [2.05, 4.69) is 80.5 Å². The van der Waals surface area contributed by atoms with Gasteiger partial charge >= 0.3 is 0 Å². The highest BCUT2D eigenvalue weighted by molar-refractivity contribution is 9.10. The Morgan fingerprint density at radius 2 is 1.84 bits per heavy atom. The van der Waals surface area contributed by atoms with Gasteiger partial charge in [0, 0.05) is 35.9 Å². The van der Waals surface area contributed by atoms with Crippen molar-refractivity contribution in [1.82, 2.24) is 19.6 Å². The Kier molecular flexibility index (Phi) is 6.08. The highest BCUT2D eigenvalue weighted by atomic mass is 79.9. The molecule has 3 aromatic heterocycles. The van der Waals surface area contributed by atoms with Crippen LogP contribution in [0.1, 0.15) is 32.6 Å². The summed E-state index contributed by atoms with van der Waals surface area (Å²) in [5.41, 5.74) is 4.96. The first kappa shape index (κ1) is 20.9. The zero-order valence-corrected chi connectivity index (χ0v) is 19.8. The van der Waals surface area contributed by atoms with Crippen LogP contribution in [0.2, 0.25) is 0 Å². The molecule has 164 valence electrons. The standard InChI is InChI=1S/C25H27BrN6/c1-2-3-14-27-22-8-6-7-21-23(20-13-15-28-25(29-20)31-16-4-5-17-31)24(30-32(21)22)18-9-11-19(26)12-10-18/h6-13,15,27H,2-5,14,16-17H2,1H3. The number of aromatic nitrogens is 4. The zero-order chi connectivity index (χ0) is 21.9. The average molecular weight is 491 g/mol. The van der Waals surface area contributed by atoms with E-state index >= 15 is 0 Å². The highest BCUT2D eigenvalue weighted by Crippen LogP contribution is 2.36. The second kappa shape index (κ2) is 9.28. The summed E-state index contributed by atoms with van der Waals surface area (Å²) >= 11 is 3.55. The molecule has 5 rings (SSSR count).